The second-order valence-corrected chi connectivity index (χ2v) is 37.7. The molecule has 0 saturated heterocycles. The van der Waals surface area contributed by atoms with Crippen LogP contribution in [0.1, 0.15) is 16.7 Å². The Hall–Kier alpha value is -21.0. The van der Waals surface area contributed by atoms with Gasteiger partial charge in [0, 0.05) is 110 Å². The molecule has 0 aliphatic rings. The van der Waals surface area contributed by atoms with E-state index in [0.29, 0.717) is 28.6 Å². The maximum atomic E-state index is 9.65. The minimum Gasteiger partial charge on any atom is -0.309 e. The summed E-state index contributed by atoms with van der Waals surface area (Å²) in [6, 6.07) is 187. The van der Waals surface area contributed by atoms with Crippen LogP contribution in [0.5, 0.6) is 0 Å². The van der Waals surface area contributed by atoms with E-state index < -0.39 is 0 Å². The zero-order chi connectivity index (χ0) is 99.8. The van der Waals surface area contributed by atoms with Gasteiger partial charge in [0.2, 0.25) is 11.9 Å². The lowest BCUT2D eigenvalue weighted by Crippen LogP contribution is -2.04. The van der Waals surface area contributed by atoms with Gasteiger partial charge < -0.3 is 18.3 Å². The average molecular weight is 1910 g/mol. The van der Waals surface area contributed by atoms with Crippen LogP contribution < -0.4 is 0 Å². The van der Waals surface area contributed by atoms with Crippen molar-refractivity contribution in [2.75, 3.05) is 0 Å². The van der Waals surface area contributed by atoms with Crippen LogP contribution >= 0.6 is 0 Å². The molecule has 0 radical (unpaired) electrons. The van der Waals surface area contributed by atoms with E-state index in [1.165, 1.54) is 104 Å². The fourth-order valence-electron chi connectivity index (χ4n) is 22.1. The Labute approximate surface area is 862 Å². The summed E-state index contributed by atoms with van der Waals surface area (Å²) in [6.45, 7) is 0. The molecule has 0 atom stereocenters. The Morgan fingerprint density at radius 2 is 0.360 bits per heavy atom. The number of nitriles is 3. The first-order valence-electron chi connectivity index (χ1n) is 50.1. The van der Waals surface area contributed by atoms with Gasteiger partial charge in [-0.1, -0.05) is 315 Å². The van der Waals surface area contributed by atoms with Crippen molar-refractivity contribution in [1.29, 1.82) is 15.8 Å². The Morgan fingerprint density at radius 3 is 0.700 bits per heavy atom. The molecule has 0 fully saturated rings. The number of benzene rings is 21. The molecule has 0 amide bonds. The summed E-state index contributed by atoms with van der Waals surface area (Å²) in [5.41, 5.74) is 36.2. The molecule has 0 spiro atoms. The molecule has 21 aromatic carbocycles. The van der Waals surface area contributed by atoms with E-state index in [9.17, 15) is 10.5 Å². The lowest BCUT2D eigenvalue weighted by Gasteiger charge is -2.12. The van der Waals surface area contributed by atoms with Crippen molar-refractivity contribution >= 4 is 131 Å². The van der Waals surface area contributed by atoms with Gasteiger partial charge in [-0.2, -0.15) is 15.8 Å². The lowest BCUT2D eigenvalue weighted by atomic mass is 10.0. The maximum Gasteiger partial charge on any atom is 0.235 e. The summed E-state index contributed by atoms with van der Waals surface area (Å²) in [4.78, 5) is 20.7. The summed E-state index contributed by atoms with van der Waals surface area (Å²) >= 11 is 0. The van der Waals surface area contributed by atoms with Crippen LogP contribution in [0.15, 0.2) is 516 Å². The van der Waals surface area contributed by atoms with Gasteiger partial charge in [-0.05, 0) is 245 Å². The molecule has 8 heterocycles. The van der Waals surface area contributed by atoms with E-state index in [1.807, 2.05) is 121 Å². The molecule has 29 rings (SSSR count). The standard InChI is InChI=1S/2C47H29N5.C43H27N3/c48-30-31-19-21-33(22-20-31)42-29-41(32-11-3-1-4-12-32)49-47(50-42)52-44-18-10-7-15-37(44)39-25-23-35(28-46(39)52)34-24-26-45-40(27-34)38-16-8-9-17-43(38)51(45)36-13-5-2-6-14-36;48-30-31-12-11-15-35(26-31)42-29-41(32-13-3-1-4-14-32)49-47(50-42)52-44-21-10-8-19-38(44)40-28-34(23-25-46(40)52)33-22-24-45-39(27-33)37-18-7-9-20-43(37)51(45)36-16-5-2-6-17-36;44-28-29-14-16-30(17-15-29)31-18-22-35(23-19-31)46-41-13-7-5-11-37(41)39-27-33(21-25-43(39)46)32-20-24-42-38(26-32)36-10-4-6-12-40(36)45(42)34-8-2-1-3-9-34/h2*1-29H;1-27H. The summed E-state index contributed by atoms with van der Waals surface area (Å²) < 4.78 is 13.8. The fourth-order valence-corrected chi connectivity index (χ4v) is 22.1. The van der Waals surface area contributed by atoms with Crippen LogP contribution in [0.3, 0.4) is 0 Å². The number of hydrogen-bond acceptors (Lipinski definition) is 7. The minimum atomic E-state index is 0.577. The molecule has 8 aromatic heterocycles. The smallest absolute Gasteiger partial charge is 0.235 e. The van der Waals surface area contributed by atoms with Gasteiger partial charge in [-0.15, -0.1) is 0 Å². The van der Waals surface area contributed by atoms with Crippen molar-refractivity contribution in [2.24, 2.45) is 0 Å². The number of hydrogen-bond donors (Lipinski definition) is 0. The second-order valence-electron chi connectivity index (χ2n) is 37.7. The summed E-state index contributed by atoms with van der Waals surface area (Å²) in [7, 11) is 0. The van der Waals surface area contributed by atoms with Crippen molar-refractivity contribution in [3.8, 4) is 142 Å². The molecule has 0 aliphatic carbocycles. The van der Waals surface area contributed by atoms with Crippen molar-refractivity contribution in [2.45, 2.75) is 0 Å². The second kappa shape index (κ2) is 37.1. The zero-order valence-corrected chi connectivity index (χ0v) is 80.9. The molecule has 0 unspecified atom stereocenters. The average Bonchev–Trinajstić information content (AvgIpc) is 1.80. The predicted molar refractivity (Wildman–Crippen MR) is 614 cm³/mol. The van der Waals surface area contributed by atoms with Crippen LogP contribution in [0, 0.1) is 34.0 Å². The van der Waals surface area contributed by atoms with E-state index in [4.69, 9.17) is 25.2 Å². The first kappa shape index (κ1) is 88.0. The van der Waals surface area contributed by atoms with E-state index in [0.717, 1.165) is 139 Å². The van der Waals surface area contributed by atoms with Gasteiger partial charge in [0.25, 0.3) is 0 Å². The lowest BCUT2D eigenvalue weighted by molar-refractivity contribution is 0.995. The molecule has 0 N–H and O–H groups in total. The number of rotatable bonds is 14. The molecular formula is C137H85N13. The molecule has 150 heavy (non-hydrogen) atoms. The SMILES string of the molecule is N#Cc1ccc(-c2cc(-c3ccccc3)nc(-n3c4ccccc4c4ccc(-c5ccc6c(c5)c5ccccc5n6-c5ccccc5)cc43)n2)cc1.N#Cc1ccc(-c2ccc(-n3c4ccccc4c4cc(-c5ccc6c(c5)c5ccccc5n6-c5ccccc5)ccc43)cc2)cc1.N#Cc1cccc(-c2cc(-c3ccccc3)nc(-n3c4ccccc4c4cc(-c5ccc6c(c5)c5ccccc5n6-c5ccccc5)ccc43)n2)c1. The Morgan fingerprint density at radius 1 is 0.133 bits per heavy atom. The first-order valence-corrected chi connectivity index (χ1v) is 50.1. The van der Waals surface area contributed by atoms with Gasteiger partial charge in [-0.25, -0.2) is 19.9 Å². The molecule has 698 valence electrons. The molecule has 0 saturated carbocycles. The monoisotopic (exact) mass is 1910 g/mol. The topological polar surface area (TPSA) is 153 Å². The van der Waals surface area contributed by atoms with Gasteiger partial charge in [0.15, 0.2) is 0 Å². The number of para-hydroxylation sites is 9. The molecular weight excluding hydrogens is 1830 g/mol. The molecule has 13 heteroatoms. The van der Waals surface area contributed by atoms with Crippen molar-refractivity contribution in [3.05, 3.63) is 532 Å². The molecule has 13 nitrogen and oxygen atoms in total. The largest absolute Gasteiger partial charge is 0.309 e. The van der Waals surface area contributed by atoms with Crippen LogP contribution in [-0.2, 0) is 0 Å². The van der Waals surface area contributed by atoms with Crippen LogP contribution in [-0.4, -0.2) is 47.3 Å². The van der Waals surface area contributed by atoms with Crippen LogP contribution in [0.2, 0.25) is 0 Å². The van der Waals surface area contributed by atoms with E-state index in [1.54, 1.807) is 0 Å². The van der Waals surface area contributed by atoms with E-state index in [2.05, 4.69) is 440 Å². The maximum absolute atomic E-state index is 9.65. The highest BCUT2D eigenvalue weighted by Crippen LogP contribution is 2.46. The third kappa shape index (κ3) is 15.5. The number of nitrogens with zero attached hydrogens (tertiary/aromatic N) is 13. The third-order valence-corrected chi connectivity index (χ3v) is 29.1. The summed E-state index contributed by atoms with van der Waals surface area (Å²) in [6.07, 6.45) is 0. The molecule has 0 aliphatic heterocycles. The van der Waals surface area contributed by atoms with Gasteiger partial charge in [-0.3, -0.25) is 9.13 Å². The van der Waals surface area contributed by atoms with Gasteiger partial charge in [0.05, 0.1) is 124 Å². The Bertz CT molecular complexity index is 10500. The number of fused-ring (bicyclic) bond motifs is 18. The zero-order valence-electron chi connectivity index (χ0n) is 80.9. The highest BCUT2D eigenvalue weighted by Gasteiger charge is 2.25. The normalized spacial score (nSPS) is 11.4. The third-order valence-electron chi connectivity index (χ3n) is 29.1. The summed E-state index contributed by atoms with van der Waals surface area (Å²) in [5.74, 6) is 1.17. The van der Waals surface area contributed by atoms with E-state index in [-0.39, 0.29) is 0 Å². The quantitative estimate of drug-likeness (QED) is 0.105. The number of aromatic nitrogens is 10. The summed E-state index contributed by atoms with van der Waals surface area (Å²) in [5, 5.41) is 42.6. The Kier molecular flexibility index (Phi) is 21.8. The van der Waals surface area contributed by atoms with E-state index >= 15 is 0 Å². The van der Waals surface area contributed by atoms with Crippen molar-refractivity contribution in [1.82, 2.24) is 47.3 Å². The first-order chi connectivity index (χ1) is 74.2. The van der Waals surface area contributed by atoms with Crippen molar-refractivity contribution < 1.29 is 0 Å². The van der Waals surface area contributed by atoms with Crippen LogP contribution in [0.4, 0.5) is 0 Å². The van der Waals surface area contributed by atoms with Crippen molar-refractivity contribution in [3.63, 3.8) is 0 Å². The molecule has 29 aromatic rings. The predicted octanol–water partition coefficient (Wildman–Crippen LogP) is 34.2. The Balaban J connectivity index is 0.000000111. The van der Waals surface area contributed by atoms with Gasteiger partial charge in [0.1, 0.15) is 0 Å². The highest BCUT2D eigenvalue weighted by atomic mass is 15.2. The molecule has 0 bridgehead atoms. The fraction of sp³-hybridized carbons (Fsp3) is 0. The highest BCUT2D eigenvalue weighted by molar-refractivity contribution is 6.17. The van der Waals surface area contributed by atoms with Crippen LogP contribution in [0.25, 0.3) is 255 Å². The minimum absolute atomic E-state index is 0.577. The van der Waals surface area contributed by atoms with Gasteiger partial charge >= 0.3 is 0 Å².